The Morgan fingerprint density at radius 3 is 3.09 bits per heavy atom. The van der Waals surface area contributed by atoms with Crippen LogP contribution in [-0.4, -0.2) is 53.6 Å². The van der Waals surface area contributed by atoms with Gasteiger partial charge < -0.3 is 20.1 Å². The van der Waals surface area contributed by atoms with E-state index in [1.54, 1.807) is 14.0 Å². The van der Waals surface area contributed by atoms with Gasteiger partial charge in [-0.3, -0.25) is 9.79 Å². The van der Waals surface area contributed by atoms with Crippen molar-refractivity contribution in [3.05, 3.63) is 11.7 Å². The Bertz CT molecular complexity index is 584. The Morgan fingerprint density at radius 1 is 1.59 bits per heavy atom. The molecule has 2 aliphatic rings. The molecule has 120 valence electrons. The van der Waals surface area contributed by atoms with Gasteiger partial charge in [0.15, 0.2) is 11.8 Å². The fourth-order valence-corrected chi connectivity index (χ4v) is 3.33. The first kappa shape index (κ1) is 14.8. The van der Waals surface area contributed by atoms with Crippen LogP contribution in [0.25, 0.3) is 0 Å². The summed E-state index contributed by atoms with van der Waals surface area (Å²) in [7, 11) is 1.76. The molecule has 1 spiro atoms. The quantitative estimate of drug-likeness (QED) is 0.592. The van der Waals surface area contributed by atoms with Crippen molar-refractivity contribution < 1.29 is 9.32 Å². The number of guanidine groups is 1. The monoisotopic (exact) mass is 306 g/mol. The van der Waals surface area contributed by atoms with E-state index in [0.29, 0.717) is 24.7 Å². The summed E-state index contributed by atoms with van der Waals surface area (Å²) >= 11 is 0. The van der Waals surface area contributed by atoms with Crippen molar-refractivity contribution in [2.75, 3.05) is 26.7 Å². The average Bonchev–Trinajstić information content (AvgIpc) is 3.06. The third kappa shape index (κ3) is 3.05. The molecule has 1 aromatic heterocycles. The summed E-state index contributed by atoms with van der Waals surface area (Å²) < 4.78 is 5.10. The number of carbonyl (C=O) groups excluding carboxylic acids is 1. The van der Waals surface area contributed by atoms with Gasteiger partial charge in [-0.25, -0.2) is 0 Å². The second-order valence-corrected chi connectivity index (χ2v) is 6.11. The highest BCUT2D eigenvalue weighted by Crippen LogP contribution is 2.35. The SMILES string of the molecule is CN=C(NCc1nc(C)no1)N1CCCC2(CNC(=O)C2)C1. The first-order valence-electron chi connectivity index (χ1n) is 7.62. The van der Waals surface area contributed by atoms with Crippen molar-refractivity contribution in [1.82, 2.24) is 25.7 Å². The minimum absolute atomic E-state index is 0.0496. The average molecular weight is 306 g/mol. The van der Waals surface area contributed by atoms with Gasteiger partial charge in [0.25, 0.3) is 0 Å². The second-order valence-electron chi connectivity index (χ2n) is 6.11. The number of aryl methyl sites for hydroxylation is 1. The molecule has 3 rings (SSSR count). The summed E-state index contributed by atoms with van der Waals surface area (Å²) in [5.41, 5.74) is 0.0496. The molecule has 2 N–H and O–H groups in total. The molecule has 0 saturated carbocycles. The molecular formula is C14H22N6O2. The van der Waals surface area contributed by atoms with E-state index in [4.69, 9.17) is 4.52 Å². The normalized spacial score (nSPS) is 25.6. The minimum atomic E-state index is 0.0496. The number of likely N-dealkylation sites (tertiary alicyclic amines) is 1. The smallest absolute Gasteiger partial charge is 0.246 e. The molecule has 2 fully saturated rings. The summed E-state index contributed by atoms with van der Waals surface area (Å²) in [5, 5.41) is 9.99. The molecule has 22 heavy (non-hydrogen) atoms. The van der Waals surface area contributed by atoms with E-state index >= 15 is 0 Å². The second kappa shape index (κ2) is 5.94. The fourth-order valence-electron chi connectivity index (χ4n) is 3.33. The number of hydrogen-bond acceptors (Lipinski definition) is 5. The number of nitrogens with zero attached hydrogens (tertiary/aromatic N) is 4. The summed E-state index contributed by atoms with van der Waals surface area (Å²) in [4.78, 5) is 22.3. The van der Waals surface area contributed by atoms with Crippen LogP contribution in [-0.2, 0) is 11.3 Å². The predicted octanol–water partition coefficient (Wildman–Crippen LogP) is 0.0555. The molecule has 8 heteroatoms. The highest BCUT2D eigenvalue weighted by molar-refractivity contribution is 5.81. The van der Waals surface area contributed by atoms with E-state index < -0.39 is 0 Å². The molecule has 0 aliphatic carbocycles. The van der Waals surface area contributed by atoms with Gasteiger partial charge in [-0.1, -0.05) is 5.16 Å². The molecule has 8 nitrogen and oxygen atoms in total. The minimum Gasteiger partial charge on any atom is -0.355 e. The zero-order valence-electron chi connectivity index (χ0n) is 13.1. The number of rotatable bonds is 2. The van der Waals surface area contributed by atoms with Crippen LogP contribution in [0.2, 0.25) is 0 Å². The number of piperidine rings is 1. The van der Waals surface area contributed by atoms with Crippen LogP contribution in [0, 0.1) is 12.3 Å². The number of carbonyl (C=O) groups is 1. The lowest BCUT2D eigenvalue weighted by molar-refractivity contribution is -0.119. The molecule has 0 aromatic carbocycles. The lowest BCUT2D eigenvalue weighted by Crippen LogP contribution is -2.51. The van der Waals surface area contributed by atoms with E-state index in [2.05, 4.69) is 30.7 Å². The van der Waals surface area contributed by atoms with Gasteiger partial charge in [0.2, 0.25) is 11.8 Å². The van der Waals surface area contributed by atoms with Gasteiger partial charge in [0.1, 0.15) is 0 Å². The van der Waals surface area contributed by atoms with Gasteiger partial charge in [-0.2, -0.15) is 4.98 Å². The molecule has 2 saturated heterocycles. The standard InChI is InChI=1S/C14H22N6O2/c1-10-18-12(22-19-10)7-16-13(15-2)20-5-3-4-14(9-20)6-11(21)17-8-14/h3-9H2,1-2H3,(H,15,16)(H,17,21). The Balaban J connectivity index is 1.62. The molecule has 0 radical (unpaired) electrons. The zero-order valence-corrected chi connectivity index (χ0v) is 13.1. The predicted molar refractivity (Wildman–Crippen MR) is 80.1 cm³/mol. The van der Waals surface area contributed by atoms with Gasteiger partial charge in [-0.15, -0.1) is 0 Å². The van der Waals surface area contributed by atoms with Crippen LogP contribution in [0.15, 0.2) is 9.52 Å². The third-order valence-corrected chi connectivity index (χ3v) is 4.34. The number of amides is 1. The molecule has 0 bridgehead atoms. The lowest BCUT2D eigenvalue weighted by Gasteiger charge is -2.40. The van der Waals surface area contributed by atoms with E-state index in [9.17, 15) is 4.79 Å². The molecule has 2 aliphatic heterocycles. The Morgan fingerprint density at radius 2 is 2.45 bits per heavy atom. The van der Waals surface area contributed by atoms with Gasteiger partial charge in [0.05, 0.1) is 6.54 Å². The van der Waals surface area contributed by atoms with Crippen molar-refractivity contribution in [2.24, 2.45) is 10.4 Å². The summed E-state index contributed by atoms with van der Waals surface area (Å²) in [5.74, 6) is 2.14. The lowest BCUT2D eigenvalue weighted by atomic mass is 9.79. The van der Waals surface area contributed by atoms with E-state index in [-0.39, 0.29) is 11.3 Å². The van der Waals surface area contributed by atoms with Crippen molar-refractivity contribution in [3.8, 4) is 0 Å². The zero-order chi connectivity index (χ0) is 15.6. The molecule has 1 aromatic rings. The maximum Gasteiger partial charge on any atom is 0.246 e. The number of hydrogen-bond donors (Lipinski definition) is 2. The van der Waals surface area contributed by atoms with Crippen molar-refractivity contribution >= 4 is 11.9 Å². The van der Waals surface area contributed by atoms with Gasteiger partial charge in [-0.05, 0) is 19.8 Å². The van der Waals surface area contributed by atoms with E-state index in [0.717, 1.165) is 38.4 Å². The maximum absolute atomic E-state index is 11.6. The van der Waals surface area contributed by atoms with E-state index in [1.165, 1.54) is 0 Å². The highest BCUT2D eigenvalue weighted by atomic mass is 16.5. The summed E-state index contributed by atoms with van der Waals surface area (Å²) in [6.07, 6.45) is 2.76. The number of nitrogens with one attached hydrogen (secondary N) is 2. The van der Waals surface area contributed by atoms with Crippen LogP contribution in [0.3, 0.4) is 0 Å². The maximum atomic E-state index is 11.6. The van der Waals surface area contributed by atoms with Crippen LogP contribution in [0.4, 0.5) is 0 Å². The fraction of sp³-hybridized carbons (Fsp3) is 0.714. The van der Waals surface area contributed by atoms with Crippen molar-refractivity contribution in [2.45, 2.75) is 32.7 Å². The number of aromatic nitrogens is 2. The topological polar surface area (TPSA) is 95.7 Å². The summed E-state index contributed by atoms with van der Waals surface area (Å²) in [6.45, 7) is 4.80. The largest absolute Gasteiger partial charge is 0.355 e. The molecule has 1 amide bonds. The Labute approximate surface area is 129 Å². The first-order chi connectivity index (χ1) is 10.6. The van der Waals surface area contributed by atoms with Crippen LogP contribution >= 0.6 is 0 Å². The highest BCUT2D eigenvalue weighted by Gasteiger charge is 2.42. The summed E-state index contributed by atoms with van der Waals surface area (Å²) in [6, 6.07) is 0. The van der Waals surface area contributed by atoms with Crippen molar-refractivity contribution in [1.29, 1.82) is 0 Å². The van der Waals surface area contributed by atoms with Crippen LogP contribution in [0.5, 0.6) is 0 Å². The van der Waals surface area contributed by atoms with Crippen LogP contribution in [0.1, 0.15) is 31.0 Å². The third-order valence-electron chi connectivity index (χ3n) is 4.34. The van der Waals surface area contributed by atoms with Gasteiger partial charge in [0, 0.05) is 38.5 Å². The van der Waals surface area contributed by atoms with E-state index in [1.807, 2.05) is 0 Å². The number of aliphatic imine (C=N–C) groups is 1. The van der Waals surface area contributed by atoms with Crippen LogP contribution < -0.4 is 10.6 Å². The molecular weight excluding hydrogens is 284 g/mol. The Hall–Kier alpha value is -2.12. The molecule has 1 unspecified atom stereocenters. The van der Waals surface area contributed by atoms with Gasteiger partial charge >= 0.3 is 0 Å². The first-order valence-corrected chi connectivity index (χ1v) is 7.62. The molecule has 3 heterocycles. The Kier molecular flexibility index (Phi) is 4.00. The molecule has 1 atom stereocenters. The van der Waals surface area contributed by atoms with Crippen molar-refractivity contribution in [3.63, 3.8) is 0 Å².